The van der Waals surface area contributed by atoms with E-state index in [1.807, 2.05) is 55.5 Å². The average Bonchev–Trinajstić information content (AvgIpc) is 3.70. The van der Waals surface area contributed by atoms with Crippen molar-refractivity contribution in [2.45, 2.75) is 25.9 Å². The van der Waals surface area contributed by atoms with Crippen molar-refractivity contribution in [3.8, 4) is 17.1 Å². The molecular formula is C33H33N7O4. The molecule has 11 heteroatoms. The quantitative estimate of drug-likeness (QED) is 0.285. The summed E-state index contributed by atoms with van der Waals surface area (Å²) in [5.41, 5.74) is 2.50. The normalized spacial score (nSPS) is 16.7. The number of hydrogen-bond donors (Lipinski definition) is 3. The number of fused-ring (bicyclic) bond motifs is 4. The molecule has 0 aliphatic carbocycles. The van der Waals surface area contributed by atoms with E-state index < -0.39 is 6.04 Å². The van der Waals surface area contributed by atoms with Crippen molar-refractivity contribution >= 4 is 28.6 Å². The molecule has 6 rings (SSSR count). The fourth-order valence-electron chi connectivity index (χ4n) is 5.31. The van der Waals surface area contributed by atoms with Crippen molar-refractivity contribution in [3.05, 3.63) is 102 Å². The zero-order chi connectivity index (χ0) is 30.5. The van der Waals surface area contributed by atoms with Crippen LogP contribution in [0.5, 0.6) is 5.75 Å². The highest BCUT2D eigenvalue weighted by Gasteiger charge is 2.24. The van der Waals surface area contributed by atoms with Crippen molar-refractivity contribution in [2.75, 3.05) is 26.2 Å². The molecule has 0 saturated heterocycles. The number of carbonyl (C=O) groups excluding carboxylic acids is 3. The summed E-state index contributed by atoms with van der Waals surface area (Å²) in [6, 6.07) is 23.5. The Hall–Kier alpha value is -5.45. The van der Waals surface area contributed by atoms with Gasteiger partial charge in [-0.05, 0) is 43.7 Å². The van der Waals surface area contributed by atoms with Gasteiger partial charge in [0.2, 0.25) is 5.91 Å². The third kappa shape index (κ3) is 6.31. The number of para-hydroxylation sites is 1. The van der Waals surface area contributed by atoms with Gasteiger partial charge in [-0.25, -0.2) is 9.67 Å². The first-order chi connectivity index (χ1) is 21.5. The van der Waals surface area contributed by atoms with Gasteiger partial charge in [0, 0.05) is 35.8 Å². The number of benzene rings is 3. The smallest absolute Gasteiger partial charge is 0.256 e. The van der Waals surface area contributed by atoms with Gasteiger partial charge in [0.1, 0.15) is 18.2 Å². The predicted octanol–water partition coefficient (Wildman–Crippen LogP) is 3.96. The Kier molecular flexibility index (Phi) is 8.35. The van der Waals surface area contributed by atoms with Crippen LogP contribution in [0, 0.1) is 0 Å². The van der Waals surface area contributed by atoms with Gasteiger partial charge in [0.05, 0.1) is 30.2 Å². The maximum atomic E-state index is 13.8. The molecule has 0 spiro atoms. The number of nitrogens with one attached hydrogen (secondary N) is 3. The van der Waals surface area contributed by atoms with Crippen LogP contribution in [-0.4, -0.2) is 68.6 Å². The van der Waals surface area contributed by atoms with Gasteiger partial charge in [0.15, 0.2) is 5.82 Å². The molecule has 0 radical (unpaired) electrons. The Balaban J connectivity index is 1.30. The van der Waals surface area contributed by atoms with E-state index >= 15 is 0 Å². The molecule has 2 bridgehead atoms. The molecule has 3 aromatic carbocycles. The summed E-state index contributed by atoms with van der Waals surface area (Å²) in [6.07, 6.45) is 2.23. The highest BCUT2D eigenvalue weighted by atomic mass is 16.5. The molecule has 3 amide bonds. The van der Waals surface area contributed by atoms with Crippen molar-refractivity contribution in [1.82, 2.24) is 35.3 Å². The average molecular weight is 592 g/mol. The number of carbonyl (C=O) groups is 3. The van der Waals surface area contributed by atoms with Gasteiger partial charge in [-0.1, -0.05) is 48.5 Å². The van der Waals surface area contributed by atoms with E-state index in [1.54, 1.807) is 41.2 Å². The Labute approximate surface area is 254 Å². The lowest BCUT2D eigenvalue weighted by Crippen LogP contribution is -2.43. The minimum Gasteiger partial charge on any atom is -0.492 e. The number of nitrogens with zero attached hydrogens (tertiary/aromatic N) is 4. The zero-order valence-electron chi connectivity index (χ0n) is 24.3. The fraction of sp³-hybridized carbons (Fsp3) is 0.242. The van der Waals surface area contributed by atoms with Crippen LogP contribution in [0.1, 0.15) is 45.9 Å². The second kappa shape index (κ2) is 12.8. The molecule has 44 heavy (non-hydrogen) atoms. The molecule has 2 aromatic heterocycles. The molecule has 1 aliphatic heterocycles. The molecule has 1 aliphatic rings. The molecule has 3 heterocycles. The van der Waals surface area contributed by atoms with E-state index in [0.29, 0.717) is 53.6 Å². The predicted molar refractivity (Wildman–Crippen MR) is 165 cm³/mol. The number of H-pyrrole nitrogens is 1. The van der Waals surface area contributed by atoms with Gasteiger partial charge >= 0.3 is 0 Å². The number of amides is 3. The minimum atomic E-state index is -0.502. The summed E-state index contributed by atoms with van der Waals surface area (Å²) in [5, 5.41) is 11.5. The lowest BCUT2D eigenvalue weighted by Gasteiger charge is -2.24. The van der Waals surface area contributed by atoms with E-state index in [-0.39, 0.29) is 37.4 Å². The fourth-order valence-corrected chi connectivity index (χ4v) is 5.31. The van der Waals surface area contributed by atoms with Crippen LogP contribution < -0.4 is 15.4 Å². The maximum absolute atomic E-state index is 13.8. The van der Waals surface area contributed by atoms with Gasteiger partial charge in [-0.3, -0.25) is 14.4 Å². The second-order valence-electron chi connectivity index (χ2n) is 10.6. The Morgan fingerprint density at radius 3 is 2.64 bits per heavy atom. The highest BCUT2D eigenvalue weighted by Crippen LogP contribution is 2.21. The van der Waals surface area contributed by atoms with Crippen LogP contribution in [0.15, 0.2) is 85.1 Å². The molecule has 3 N–H and O–H groups in total. The minimum absolute atomic E-state index is 0.168. The van der Waals surface area contributed by atoms with Crippen LogP contribution in [0.25, 0.3) is 22.3 Å². The van der Waals surface area contributed by atoms with Crippen LogP contribution in [0.2, 0.25) is 0 Å². The molecule has 0 saturated carbocycles. The molecule has 11 nitrogen and oxygen atoms in total. The summed E-state index contributed by atoms with van der Waals surface area (Å²) in [4.78, 5) is 49.5. The topological polar surface area (TPSA) is 134 Å². The Morgan fingerprint density at radius 1 is 0.955 bits per heavy atom. The maximum Gasteiger partial charge on any atom is 0.256 e. The van der Waals surface area contributed by atoms with E-state index in [0.717, 1.165) is 10.9 Å². The SMILES string of the molecule is C[C@@H]1NC(=O)CN(C(=O)c2cccc3cc[nH]c23)CCCNC(=O)c2cccc(c2)OCCn2nc(-c3ccccc3)nc21. The van der Waals surface area contributed by atoms with Gasteiger partial charge in [0.25, 0.3) is 11.8 Å². The van der Waals surface area contributed by atoms with Crippen molar-refractivity contribution in [1.29, 1.82) is 0 Å². The van der Waals surface area contributed by atoms with E-state index in [1.165, 1.54) is 4.90 Å². The Bertz CT molecular complexity index is 1800. The van der Waals surface area contributed by atoms with E-state index in [4.69, 9.17) is 14.8 Å². The number of aromatic nitrogens is 4. The third-order valence-electron chi connectivity index (χ3n) is 7.49. The summed E-state index contributed by atoms with van der Waals surface area (Å²) >= 11 is 0. The largest absolute Gasteiger partial charge is 0.492 e. The Morgan fingerprint density at radius 2 is 1.77 bits per heavy atom. The van der Waals surface area contributed by atoms with Crippen molar-refractivity contribution in [3.63, 3.8) is 0 Å². The van der Waals surface area contributed by atoms with Crippen molar-refractivity contribution in [2.24, 2.45) is 0 Å². The standard InChI is InChI=1S/C33H33N7O4/c1-22-31-37-30(24-8-3-2-4-9-24)38-40(31)18-19-44-26-12-5-11-25(20-26)32(42)35-15-7-17-39(21-28(41)36-22)33(43)27-13-6-10-23-14-16-34-29(23)27/h2-6,8-14,16,20,22,34H,7,15,17-19,21H2,1H3,(H,35,42)(H,36,41)/t22-/m0/s1. The molecule has 1 atom stereocenters. The lowest BCUT2D eigenvalue weighted by atomic mass is 10.1. The summed E-state index contributed by atoms with van der Waals surface area (Å²) in [7, 11) is 0. The monoisotopic (exact) mass is 591 g/mol. The molecule has 0 fully saturated rings. The summed E-state index contributed by atoms with van der Waals surface area (Å²) in [6.45, 7) is 2.88. The van der Waals surface area contributed by atoms with Gasteiger partial charge < -0.3 is 25.3 Å². The number of rotatable bonds is 2. The lowest BCUT2D eigenvalue weighted by molar-refractivity contribution is -0.122. The third-order valence-corrected chi connectivity index (χ3v) is 7.49. The van der Waals surface area contributed by atoms with Gasteiger partial charge in [-0.2, -0.15) is 5.10 Å². The van der Waals surface area contributed by atoms with Crippen molar-refractivity contribution < 1.29 is 19.1 Å². The van der Waals surface area contributed by atoms with Crippen LogP contribution in [-0.2, 0) is 11.3 Å². The highest BCUT2D eigenvalue weighted by molar-refractivity contribution is 6.06. The summed E-state index contributed by atoms with van der Waals surface area (Å²) in [5.74, 6) is 0.785. The molecular weight excluding hydrogens is 558 g/mol. The molecule has 224 valence electrons. The van der Waals surface area contributed by atoms with Gasteiger partial charge in [-0.15, -0.1) is 0 Å². The number of aromatic amines is 1. The summed E-state index contributed by atoms with van der Waals surface area (Å²) < 4.78 is 7.70. The van der Waals surface area contributed by atoms with E-state index in [2.05, 4.69) is 15.6 Å². The van der Waals surface area contributed by atoms with E-state index in [9.17, 15) is 14.4 Å². The number of ether oxygens (including phenoxy) is 1. The van der Waals surface area contributed by atoms with Crippen LogP contribution in [0.4, 0.5) is 0 Å². The van der Waals surface area contributed by atoms with Crippen LogP contribution >= 0.6 is 0 Å². The first kappa shape index (κ1) is 28.7. The zero-order valence-corrected chi connectivity index (χ0v) is 24.3. The molecule has 5 aromatic rings. The van der Waals surface area contributed by atoms with Crippen LogP contribution in [0.3, 0.4) is 0 Å². The molecule has 0 unspecified atom stereocenters. The first-order valence-electron chi connectivity index (χ1n) is 14.6. The second-order valence-corrected chi connectivity index (χ2v) is 10.6. The number of hydrogen-bond acceptors (Lipinski definition) is 6. The first-order valence-corrected chi connectivity index (χ1v) is 14.6.